The van der Waals surface area contributed by atoms with Crippen LogP contribution in [-0.2, 0) is 19.4 Å². The number of carbonyl (C=O) groups excluding carboxylic acids is 2. The van der Waals surface area contributed by atoms with Gasteiger partial charge in [0, 0.05) is 30.0 Å². The van der Waals surface area contributed by atoms with Crippen molar-refractivity contribution in [2.24, 2.45) is 0 Å². The fourth-order valence-electron chi connectivity index (χ4n) is 6.54. The number of fused-ring (bicyclic) bond motifs is 6. The van der Waals surface area contributed by atoms with Crippen molar-refractivity contribution < 1.29 is 34.3 Å². The molecule has 1 unspecified atom stereocenters. The molecule has 4 aliphatic heterocycles. The smallest absolute Gasteiger partial charge is 0.279 e. The van der Waals surface area contributed by atoms with Gasteiger partial charge in [-0.25, -0.2) is 9.78 Å². The summed E-state index contributed by atoms with van der Waals surface area (Å²) in [6.45, 7) is 7.95. The van der Waals surface area contributed by atoms with Gasteiger partial charge in [-0.1, -0.05) is 5.57 Å². The van der Waals surface area contributed by atoms with Crippen molar-refractivity contribution in [3.8, 4) is 5.75 Å². The van der Waals surface area contributed by atoms with Gasteiger partial charge in [0.05, 0.1) is 24.4 Å². The topological polar surface area (TPSA) is 114 Å². The summed E-state index contributed by atoms with van der Waals surface area (Å²) in [4.78, 5) is 42.4. The van der Waals surface area contributed by atoms with Gasteiger partial charge in [0.15, 0.2) is 6.23 Å². The fraction of sp³-hybridized carbons (Fsp3) is 0.556. The van der Waals surface area contributed by atoms with Crippen LogP contribution in [0.4, 0.5) is 0 Å². The van der Waals surface area contributed by atoms with Crippen LogP contribution in [0.2, 0.25) is 0 Å². The zero-order valence-electron chi connectivity index (χ0n) is 21.7. The van der Waals surface area contributed by atoms with Gasteiger partial charge in [-0.05, 0) is 58.7 Å². The van der Waals surface area contributed by atoms with E-state index in [0.29, 0.717) is 47.3 Å². The number of aromatic nitrogens is 1. The van der Waals surface area contributed by atoms with E-state index in [1.54, 1.807) is 19.2 Å². The van der Waals surface area contributed by atoms with Gasteiger partial charge in [0.25, 0.3) is 11.6 Å². The predicted octanol–water partition coefficient (Wildman–Crippen LogP) is 2.86. The molecular formula is C27H33N3O7. The number of aliphatic hydroxyl groups is 2. The van der Waals surface area contributed by atoms with Crippen LogP contribution in [0.15, 0.2) is 29.8 Å². The minimum Gasteiger partial charge on any atom is -0.497 e. The molecule has 5 heterocycles. The second-order valence-electron chi connectivity index (χ2n) is 11.3. The lowest BCUT2D eigenvalue weighted by atomic mass is 9.79. The van der Waals surface area contributed by atoms with Crippen LogP contribution < -0.4 is 4.74 Å². The molecule has 10 heteroatoms. The summed E-state index contributed by atoms with van der Waals surface area (Å²) in [5.41, 5.74) is -0.644. The molecule has 1 aromatic carbocycles. The quantitative estimate of drug-likeness (QED) is 0.471. The normalized spacial score (nSPS) is 32.4. The second-order valence-corrected chi connectivity index (χ2v) is 11.3. The lowest BCUT2D eigenvalue weighted by Crippen LogP contribution is -2.74. The molecular weight excluding hydrogens is 478 g/mol. The van der Waals surface area contributed by atoms with Gasteiger partial charge in [-0.15, -0.1) is 0 Å². The van der Waals surface area contributed by atoms with E-state index in [1.165, 1.54) is 9.80 Å². The molecule has 2 amide bonds. The van der Waals surface area contributed by atoms with E-state index in [2.05, 4.69) is 0 Å². The fourth-order valence-corrected chi connectivity index (χ4v) is 6.54. The van der Waals surface area contributed by atoms with Crippen molar-refractivity contribution in [2.45, 2.75) is 82.7 Å². The maximum Gasteiger partial charge on any atom is 0.279 e. The number of nitrogens with zero attached hydrogens (tertiary/aromatic N) is 3. The highest BCUT2D eigenvalue weighted by atomic mass is 17.2. The summed E-state index contributed by atoms with van der Waals surface area (Å²) in [5.74, 6) is -0.409. The Morgan fingerprint density at radius 2 is 1.97 bits per heavy atom. The van der Waals surface area contributed by atoms with Crippen molar-refractivity contribution in [2.75, 3.05) is 13.7 Å². The van der Waals surface area contributed by atoms with Crippen molar-refractivity contribution in [3.63, 3.8) is 0 Å². The number of methoxy groups -OCH3 is 1. The summed E-state index contributed by atoms with van der Waals surface area (Å²) in [6, 6.07) is 3.99. The molecule has 37 heavy (non-hydrogen) atoms. The van der Waals surface area contributed by atoms with E-state index in [-0.39, 0.29) is 12.3 Å². The summed E-state index contributed by atoms with van der Waals surface area (Å²) in [6.07, 6.45) is 0.922. The van der Waals surface area contributed by atoms with Crippen LogP contribution in [0, 0.1) is 0 Å². The Labute approximate surface area is 214 Å². The van der Waals surface area contributed by atoms with Gasteiger partial charge in [0.2, 0.25) is 5.91 Å². The maximum atomic E-state index is 14.0. The molecule has 0 radical (unpaired) electrons. The van der Waals surface area contributed by atoms with Gasteiger partial charge >= 0.3 is 0 Å². The van der Waals surface area contributed by atoms with Crippen molar-refractivity contribution in [3.05, 3.63) is 41.1 Å². The van der Waals surface area contributed by atoms with Crippen molar-refractivity contribution in [1.29, 1.82) is 0 Å². The highest BCUT2D eigenvalue weighted by molar-refractivity contribution is 6.01. The minimum atomic E-state index is -2.43. The van der Waals surface area contributed by atoms with Crippen molar-refractivity contribution in [1.82, 2.24) is 14.4 Å². The Hall–Kier alpha value is -2.92. The Balaban J connectivity index is 1.71. The Kier molecular flexibility index (Phi) is 5.30. The van der Waals surface area contributed by atoms with Gasteiger partial charge in [-0.3, -0.25) is 14.5 Å². The predicted molar refractivity (Wildman–Crippen MR) is 132 cm³/mol. The maximum absolute atomic E-state index is 14.0. The van der Waals surface area contributed by atoms with Crippen molar-refractivity contribution >= 4 is 22.7 Å². The van der Waals surface area contributed by atoms with E-state index >= 15 is 0 Å². The van der Waals surface area contributed by atoms with Gasteiger partial charge in [-0.2, -0.15) is 0 Å². The summed E-state index contributed by atoms with van der Waals surface area (Å²) < 4.78 is 7.38. The Morgan fingerprint density at radius 1 is 1.22 bits per heavy atom. The first-order chi connectivity index (χ1) is 17.5. The minimum absolute atomic E-state index is 0.232. The SMILES string of the molecule is COc1ccc2c3c4n(c2c1)C(C=C(C)C)OOC(C)(C)C[C@@H]4N1C(=O)[C@@H]2CCCN2C(=O)[C@]1(O)[C@H]3O. The van der Waals surface area contributed by atoms with E-state index in [0.717, 1.165) is 5.57 Å². The van der Waals surface area contributed by atoms with Gasteiger partial charge < -0.3 is 24.4 Å². The van der Waals surface area contributed by atoms with E-state index in [4.69, 9.17) is 14.5 Å². The molecule has 6 rings (SSSR count). The standard InChI is InChI=1S/C27H33N3O7/c1-14(2)11-20-29-18-12-15(35-5)8-9-16(18)21-22(29)19(13-26(3,4)37-36-20)30-24(32)17-7-6-10-28(17)25(33)27(30,34)23(21)31/h8-9,11-12,17,19-20,23,31,34H,6-7,10,13H2,1-5H3/t17-,19-,20?,23-,27+/m0/s1. The molecule has 4 aliphatic rings. The summed E-state index contributed by atoms with van der Waals surface area (Å²) in [7, 11) is 1.57. The number of ether oxygens (including phenoxy) is 1. The average molecular weight is 512 g/mol. The molecule has 5 atom stereocenters. The summed E-state index contributed by atoms with van der Waals surface area (Å²) in [5, 5.41) is 24.6. The molecule has 1 aromatic heterocycles. The third-order valence-electron chi connectivity index (χ3n) is 8.08. The number of carbonyl (C=O) groups is 2. The number of piperazine rings is 1. The molecule has 198 valence electrons. The number of allylic oxidation sites excluding steroid dienone is 1. The van der Waals surface area contributed by atoms with Crippen LogP contribution in [0.25, 0.3) is 10.9 Å². The molecule has 10 nitrogen and oxygen atoms in total. The number of amides is 2. The number of hydrogen-bond acceptors (Lipinski definition) is 7. The molecule has 2 fully saturated rings. The molecule has 0 aliphatic carbocycles. The molecule has 2 saturated heterocycles. The molecule has 2 N–H and O–H groups in total. The first-order valence-electron chi connectivity index (χ1n) is 12.8. The number of aliphatic hydroxyl groups excluding tert-OH is 1. The molecule has 0 bridgehead atoms. The second kappa shape index (κ2) is 8.04. The van der Waals surface area contributed by atoms with Gasteiger partial charge in [0.1, 0.15) is 23.5 Å². The summed E-state index contributed by atoms with van der Waals surface area (Å²) >= 11 is 0. The number of hydrogen-bond donors (Lipinski definition) is 2. The van der Waals surface area contributed by atoms with Crippen LogP contribution in [0.1, 0.15) is 76.6 Å². The average Bonchev–Trinajstić information content (AvgIpc) is 3.46. The number of benzene rings is 1. The lowest BCUT2D eigenvalue weighted by Gasteiger charge is -2.56. The van der Waals surface area contributed by atoms with E-state index in [9.17, 15) is 19.8 Å². The van der Waals surface area contributed by atoms with Crippen LogP contribution >= 0.6 is 0 Å². The largest absolute Gasteiger partial charge is 0.497 e. The van der Waals surface area contributed by atoms with Crippen LogP contribution in [-0.4, -0.2) is 67.4 Å². The first kappa shape index (κ1) is 24.4. The van der Waals surface area contributed by atoms with Crippen LogP contribution in [0.5, 0.6) is 5.75 Å². The zero-order valence-corrected chi connectivity index (χ0v) is 21.7. The number of rotatable bonds is 2. The monoisotopic (exact) mass is 511 g/mol. The highest BCUT2D eigenvalue weighted by Gasteiger charge is 2.66. The Bertz CT molecular complexity index is 1340. The third kappa shape index (κ3) is 3.26. The van der Waals surface area contributed by atoms with E-state index in [1.807, 2.05) is 44.4 Å². The highest BCUT2D eigenvalue weighted by Crippen LogP contribution is 2.55. The Morgan fingerprint density at radius 3 is 2.68 bits per heavy atom. The van der Waals surface area contributed by atoms with Crippen LogP contribution in [0.3, 0.4) is 0 Å². The first-order valence-corrected chi connectivity index (χ1v) is 12.8. The lowest BCUT2D eigenvalue weighted by molar-refractivity contribution is -0.390. The molecule has 2 aromatic rings. The molecule has 0 saturated carbocycles. The zero-order chi connectivity index (χ0) is 26.4. The van der Waals surface area contributed by atoms with E-state index < -0.39 is 41.6 Å². The third-order valence-corrected chi connectivity index (χ3v) is 8.08. The molecule has 0 spiro atoms.